The first-order chi connectivity index (χ1) is 8.54. The molecule has 0 amide bonds. The second-order valence-corrected chi connectivity index (χ2v) is 4.83. The fourth-order valence-corrected chi connectivity index (χ4v) is 2.42. The Bertz CT molecular complexity index is 662. The number of aliphatic carboxylic acids is 1. The van der Waals surface area contributed by atoms with Crippen LogP contribution in [0.2, 0.25) is 0 Å². The summed E-state index contributed by atoms with van der Waals surface area (Å²) in [6.07, 6.45) is 1.22. The molecule has 0 atom stereocenters. The summed E-state index contributed by atoms with van der Waals surface area (Å²) in [7, 11) is 0. The highest BCUT2D eigenvalue weighted by Gasteiger charge is 2.52. The maximum atomic E-state index is 13.7. The molecule has 0 saturated heterocycles. The van der Waals surface area contributed by atoms with Crippen molar-refractivity contribution >= 4 is 16.9 Å². The molecular weight excluding hydrogens is 233 g/mol. The van der Waals surface area contributed by atoms with Crippen molar-refractivity contribution in [3.8, 4) is 0 Å². The minimum atomic E-state index is -0.837. The van der Waals surface area contributed by atoms with Crippen molar-refractivity contribution in [3.05, 3.63) is 41.3 Å². The fourth-order valence-electron chi connectivity index (χ4n) is 2.42. The Morgan fingerprint density at radius 3 is 2.67 bits per heavy atom. The van der Waals surface area contributed by atoms with Gasteiger partial charge < -0.3 is 5.11 Å². The van der Waals surface area contributed by atoms with Crippen LogP contribution in [-0.4, -0.2) is 16.1 Å². The molecule has 1 aromatic heterocycles. The van der Waals surface area contributed by atoms with E-state index in [-0.39, 0.29) is 5.52 Å². The van der Waals surface area contributed by atoms with Crippen LogP contribution in [0, 0.1) is 12.7 Å². The zero-order valence-electron chi connectivity index (χ0n) is 9.90. The molecule has 3 nitrogen and oxygen atoms in total. The lowest BCUT2D eigenvalue weighted by molar-refractivity contribution is -0.140. The summed E-state index contributed by atoms with van der Waals surface area (Å²) in [5.41, 5.74) is 0.834. The molecule has 18 heavy (non-hydrogen) atoms. The zero-order chi connectivity index (χ0) is 12.9. The normalized spacial score (nSPS) is 16.8. The molecule has 4 heteroatoms. The fraction of sp³-hybridized carbons (Fsp3) is 0.286. The number of pyridine rings is 1. The highest BCUT2D eigenvalue weighted by atomic mass is 19.1. The summed E-state index contributed by atoms with van der Waals surface area (Å²) in [5, 5.41) is 9.94. The Labute approximate surface area is 103 Å². The molecule has 1 heterocycles. The van der Waals surface area contributed by atoms with Crippen molar-refractivity contribution in [3.63, 3.8) is 0 Å². The Morgan fingerprint density at radius 1 is 1.33 bits per heavy atom. The predicted octanol–water partition coefficient (Wildman–Crippen LogP) is 2.80. The van der Waals surface area contributed by atoms with Gasteiger partial charge in [0.15, 0.2) is 0 Å². The third kappa shape index (κ3) is 1.41. The van der Waals surface area contributed by atoms with Gasteiger partial charge in [0, 0.05) is 11.1 Å². The molecule has 92 valence electrons. The van der Waals surface area contributed by atoms with Crippen molar-refractivity contribution < 1.29 is 14.3 Å². The number of carboxylic acid groups (broad SMARTS) is 1. The number of halogens is 1. The summed E-state index contributed by atoms with van der Waals surface area (Å²) >= 11 is 0. The van der Waals surface area contributed by atoms with Crippen LogP contribution >= 0.6 is 0 Å². The first-order valence-corrected chi connectivity index (χ1v) is 5.84. The Morgan fingerprint density at radius 2 is 2.06 bits per heavy atom. The van der Waals surface area contributed by atoms with Crippen LogP contribution in [0.1, 0.15) is 24.1 Å². The van der Waals surface area contributed by atoms with Gasteiger partial charge in [-0.3, -0.25) is 9.78 Å². The number of hydrogen-bond donors (Lipinski definition) is 1. The summed E-state index contributed by atoms with van der Waals surface area (Å²) in [5.74, 6) is -1.24. The summed E-state index contributed by atoms with van der Waals surface area (Å²) in [4.78, 5) is 15.5. The Hall–Kier alpha value is -1.97. The molecule has 1 aliphatic carbocycles. The van der Waals surface area contributed by atoms with Gasteiger partial charge in [0.1, 0.15) is 11.3 Å². The van der Waals surface area contributed by atoms with E-state index in [1.54, 1.807) is 25.1 Å². The monoisotopic (exact) mass is 245 g/mol. The van der Waals surface area contributed by atoms with E-state index < -0.39 is 17.2 Å². The number of carboxylic acids is 1. The lowest BCUT2D eigenvalue weighted by Crippen LogP contribution is -2.20. The number of nitrogens with zero attached hydrogens (tertiary/aromatic N) is 1. The molecular formula is C14H12FNO2. The SMILES string of the molecule is Cc1ccc2c(C3(C(=O)O)CC3)ccc(F)c2n1. The number of rotatable bonds is 2. The molecule has 2 aromatic rings. The van der Waals surface area contributed by atoms with Gasteiger partial charge in [-0.05, 0) is 37.5 Å². The standard InChI is InChI=1S/C14H12FNO2/c1-8-2-3-9-10(14(6-7-14)13(17)18)4-5-11(15)12(9)16-8/h2-5H,6-7H2,1H3,(H,17,18). The molecule has 0 spiro atoms. The van der Waals surface area contributed by atoms with E-state index in [9.17, 15) is 14.3 Å². The molecule has 0 bridgehead atoms. The van der Waals surface area contributed by atoms with Gasteiger partial charge in [-0.2, -0.15) is 0 Å². The number of carbonyl (C=O) groups is 1. The van der Waals surface area contributed by atoms with Crippen LogP contribution in [-0.2, 0) is 10.2 Å². The van der Waals surface area contributed by atoms with Gasteiger partial charge >= 0.3 is 5.97 Å². The maximum Gasteiger partial charge on any atom is 0.314 e. The van der Waals surface area contributed by atoms with E-state index in [0.29, 0.717) is 23.8 Å². The minimum Gasteiger partial charge on any atom is -0.481 e. The first kappa shape index (κ1) is 11.1. The summed E-state index contributed by atoms with van der Waals surface area (Å²) in [6.45, 7) is 1.79. The van der Waals surface area contributed by atoms with Crippen LogP contribution in [0.25, 0.3) is 10.9 Å². The zero-order valence-corrected chi connectivity index (χ0v) is 9.90. The second-order valence-electron chi connectivity index (χ2n) is 4.83. The van der Waals surface area contributed by atoms with Gasteiger partial charge in [-0.25, -0.2) is 4.39 Å². The Kier molecular flexibility index (Phi) is 2.17. The van der Waals surface area contributed by atoms with Crippen LogP contribution in [0.15, 0.2) is 24.3 Å². The third-order valence-corrected chi connectivity index (χ3v) is 3.62. The highest BCUT2D eigenvalue weighted by Crippen LogP contribution is 2.50. The van der Waals surface area contributed by atoms with Gasteiger partial charge in [-0.1, -0.05) is 12.1 Å². The van der Waals surface area contributed by atoms with E-state index in [2.05, 4.69) is 4.98 Å². The number of hydrogen-bond acceptors (Lipinski definition) is 2. The van der Waals surface area contributed by atoms with Crippen molar-refractivity contribution in [1.29, 1.82) is 0 Å². The lowest BCUT2D eigenvalue weighted by Gasteiger charge is -2.13. The second kappa shape index (κ2) is 3.51. The van der Waals surface area contributed by atoms with Crippen LogP contribution in [0.5, 0.6) is 0 Å². The molecule has 0 radical (unpaired) electrons. The average Bonchev–Trinajstić information content (AvgIpc) is 3.11. The maximum absolute atomic E-state index is 13.7. The Balaban J connectivity index is 2.32. The quantitative estimate of drug-likeness (QED) is 0.885. The molecule has 0 aliphatic heterocycles. The third-order valence-electron chi connectivity index (χ3n) is 3.62. The molecule has 1 aliphatic rings. The van der Waals surface area contributed by atoms with E-state index in [0.717, 1.165) is 5.69 Å². The smallest absolute Gasteiger partial charge is 0.314 e. The predicted molar refractivity (Wildman–Crippen MR) is 65.0 cm³/mol. The molecule has 1 fully saturated rings. The van der Waals surface area contributed by atoms with E-state index in [1.807, 2.05) is 0 Å². The molecule has 3 rings (SSSR count). The van der Waals surface area contributed by atoms with Crippen molar-refractivity contribution in [2.75, 3.05) is 0 Å². The number of aryl methyl sites for hydroxylation is 1. The van der Waals surface area contributed by atoms with Crippen molar-refractivity contribution in [1.82, 2.24) is 4.98 Å². The molecule has 1 aromatic carbocycles. The first-order valence-electron chi connectivity index (χ1n) is 5.84. The largest absolute Gasteiger partial charge is 0.481 e. The highest BCUT2D eigenvalue weighted by molar-refractivity contribution is 5.93. The van der Waals surface area contributed by atoms with E-state index >= 15 is 0 Å². The van der Waals surface area contributed by atoms with Gasteiger partial charge in [0.2, 0.25) is 0 Å². The van der Waals surface area contributed by atoms with Crippen molar-refractivity contribution in [2.24, 2.45) is 0 Å². The molecule has 1 N–H and O–H groups in total. The number of aromatic nitrogens is 1. The molecule has 1 saturated carbocycles. The van der Waals surface area contributed by atoms with Crippen LogP contribution in [0.3, 0.4) is 0 Å². The van der Waals surface area contributed by atoms with Crippen LogP contribution in [0.4, 0.5) is 4.39 Å². The van der Waals surface area contributed by atoms with E-state index in [4.69, 9.17) is 0 Å². The summed E-state index contributed by atoms with van der Waals surface area (Å²) in [6, 6.07) is 6.44. The molecule has 0 unspecified atom stereocenters. The van der Waals surface area contributed by atoms with Crippen LogP contribution < -0.4 is 0 Å². The topological polar surface area (TPSA) is 50.2 Å². The van der Waals surface area contributed by atoms with Gasteiger partial charge in [0.05, 0.1) is 5.41 Å². The van der Waals surface area contributed by atoms with Gasteiger partial charge in [0.25, 0.3) is 0 Å². The van der Waals surface area contributed by atoms with E-state index in [1.165, 1.54) is 6.07 Å². The minimum absolute atomic E-state index is 0.264. The van der Waals surface area contributed by atoms with Crippen molar-refractivity contribution in [2.45, 2.75) is 25.2 Å². The average molecular weight is 245 g/mol. The number of fused-ring (bicyclic) bond motifs is 1. The number of benzene rings is 1. The van der Waals surface area contributed by atoms with Gasteiger partial charge in [-0.15, -0.1) is 0 Å². The lowest BCUT2D eigenvalue weighted by atomic mass is 9.92. The summed E-state index contributed by atoms with van der Waals surface area (Å²) < 4.78 is 13.7.